The van der Waals surface area contributed by atoms with Gasteiger partial charge in [-0.05, 0) is 50.1 Å². The standard InChI is InChI=1S/C22H21FN2O3/c1-14-13-19(18-5-3-4-6-20(18)25-14)22(27)28-15(2)21(26)24-12-11-16-7-9-17(23)10-8-16/h3-10,13,15H,11-12H2,1-2H3,(H,24,26)/t15-/m1/s1. The first-order valence-corrected chi connectivity index (χ1v) is 9.03. The van der Waals surface area contributed by atoms with Gasteiger partial charge in [0.05, 0.1) is 11.1 Å². The zero-order valence-electron chi connectivity index (χ0n) is 15.7. The molecule has 5 nitrogen and oxygen atoms in total. The largest absolute Gasteiger partial charge is 0.449 e. The number of carbonyl (C=O) groups excluding carboxylic acids is 2. The highest BCUT2D eigenvalue weighted by Crippen LogP contribution is 2.19. The molecule has 1 amide bonds. The molecule has 1 atom stereocenters. The molecule has 0 aliphatic heterocycles. The topological polar surface area (TPSA) is 68.3 Å². The van der Waals surface area contributed by atoms with E-state index in [1.807, 2.05) is 18.2 Å². The first kappa shape index (κ1) is 19.5. The van der Waals surface area contributed by atoms with Gasteiger partial charge in [0.25, 0.3) is 5.91 Å². The van der Waals surface area contributed by atoms with Crippen molar-refractivity contribution in [2.75, 3.05) is 6.54 Å². The summed E-state index contributed by atoms with van der Waals surface area (Å²) in [5.74, 6) is -1.25. The molecule has 0 spiro atoms. The predicted octanol–water partition coefficient (Wildman–Crippen LogP) is 3.59. The van der Waals surface area contributed by atoms with Crippen LogP contribution in [-0.2, 0) is 16.0 Å². The lowest BCUT2D eigenvalue weighted by Gasteiger charge is -2.14. The highest BCUT2D eigenvalue weighted by molar-refractivity contribution is 6.04. The van der Waals surface area contributed by atoms with E-state index in [-0.39, 0.29) is 11.7 Å². The molecule has 3 rings (SSSR count). The number of aromatic nitrogens is 1. The van der Waals surface area contributed by atoms with E-state index in [1.54, 1.807) is 31.2 Å². The van der Waals surface area contributed by atoms with Crippen molar-refractivity contribution in [1.29, 1.82) is 0 Å². The van der Waals surface area contributed by atoms with E-state index in [0.717, 1.165) is 5.56 Å². The number of nitrogens with zero attached hydrogens (tertiary/aromatic N) is 1. The predicted molar refractivity (Wildman–Crippen MR) is 104 cm³/mol. The summed E-state index contributed by atoms with van der Waals surface area (Å²) in [4.78, 5) is 29.2. The van der Waals surface area contributed by atoms with E-state index < -0.39 is 12.1 Å². The fourth-order valence-corrected chi connectivity index (χ4v) is 2.88. The Labute approximate surface area is 162 Å². The number of pyridine rings is 1. The van der Waals surface area contributed by atoms with Crippen LogP contribution in [0.1, 0.15) is 28.5 Å². The lowest BCUT2D eigenvalue weighted by molar-refractivity contribution is -0.129. The molecule has 28 heavy (non-hydrogen) atoms. The first-order chi connectivity index (χ1) is 13.4. The van der Waals surface area contributed by atoms with Crippen LogP contribution in [0.3, 0.4) is 0 Å². The number of esters is 1. The normalized spacial score (nSPS) is 11.8. The van der Waals surface area contributed by atoms with Crippen molar-refractivity contribution in [2.45, 2.75) is 26.4 Å². The number of para-hydroxylation sites is 1. The van der Waals surface area contributed by atoms with Crippen molar-refractivity contribution >= 4 is 22.8 Å². The molecule has 0 aliphatic rings. The molecule has 2 aromatic carbocycles. The second kappa shape index (κ2) is 8.61. The number of amides is 1. The third-order valence-corrected chi connectivity index (χ3v) is 4.34. The van der Waals surface area contributed by atoms with Gasteiger partial charge in [0, 0.05) is 17.6 Å². The molecule has 144 valence electrons. The van der Waals surface area contributed by atoms with Gasteiger partial charge in [-0.2, -0.15) is 0 Å². The maximum absolute atomic E-state index is 12.9. The van der Waals surface area contributed by atoms with Gasteiger partial charge in [0.15, 0.2) is 6.10 Å². The smallest absolute Gasteiger partial charge is 0.339 e. The van der Waals surface area contributed by atoms with Gasteiger partial charge in [0.1, 0.15) is 5.82 Å². The summed E-state index contributed by atoms with van der Waals surface area (Å²) in [5.41, 5.74) is 2.69. The molecule has 6 heteroatoms. The lowest BCUT2D eigenvalue weighted by Crippen LogP contribution is -2.37. The van der Waals surface area contributed by atoms with Crippen LogP contribution in [0, 0.1) is 12.7 Å². The lowest BCUT2D eigenvalue weighted by atomic mass is 10.1. The molecule has 0 bridgehead atoms. The SMILES string of the molecule is Cc1cc(C(=O)O[C@H](C)C(=O)NCCc2ccc(F)cc2)c2ccccc2n1. The Balaban J connectivity index is 1.59. The Bertz CT molecular complexity index is 1000. The molecule has 0 saturated carbocycles. The molecule has 0 saturated heterocycles. The van der Waals surface area contributed by atoms with Gasteiger partial charge >= 0.3 is 5.97 Å². The number of aryl methyl sites for hydroxylation is 1. The second-order valence-corrected chi connectivity index (χ2v) is 6.54. The minimum atomic E-state index is -0.937. The van der Waals surface area contributed by atoms with Crippen LogP contribution in [0.2, 0.25) is 0 Å². The second-order valence-electron chi connectivity index (χ2n) is 6.54. The molecule has 1 N–H and O–H groups in total. The first-order valence-electron chi connectivity index (χ1n) is 9.03. The molecule has 0 aliphatic carbocycles. The van der Waals surface area contributed by atoms with E-state index in [0.29, 0.717) is 35.1 Å². The van der Waals surface area contributed by atoms with E-state index in [9.17, 15) is 14.0 Å². The van der Waals surface area contributed by atoms with Crippen LogP contribution in [0.25, 0.3) is 10.9 Å². The van der Waals surface area contributed by atoms with Gasteiger partial charge in [-0.1, -0.05) is 30.3 Å². The van der Waals surface area contributed by atoms with Crippen molar-refractivity contribution in [1.82, 2.24) is 10.3 Å². The summed E-state index contributed by atoms with van der Waals surface area (Å²) in [6.07, 6.45) is -0.381. The van der Waals surface area contributed by atoms with Gasteiger partial charge in [0.2, 0.25) is 0 Å². The maximum atomic E-state index is 12.9. The highest BCUT2D eigenvalue weighted by Gasteiger charge is 2.20. The average Bonchev–Trinajstić information content (AvgIpc) is 2.68. The van der Waals surface area contributed by atoms with Gasteiger partial charge < -0.3 is 10.1 Å². The van der Waals surface area contributed by atoms with E-state index in [1.165, 1.54) is 19.1 Å². The number of nitrogens with one attached hydrogen (secondary N) is 1. The van der Waals surface area contributed by atoms with E-state index in [4.69, 9.17) is 4.74 Å². The number of carbonyl (C=O) groups is 2. The van der Waals surface area contributed by atoms with Gasteiger partial charge in [-0.15, -0.1) is 0 Å². The van der Waals surface area contributed by atoms with Crippen LogP contribution in [0.15, 0.2) is 54.6 Å². The third-order valence-electron chi connectivity index (χ3n) is 4.34. The van der Waals surface area contributed by atoms with Crippen LogP contribution in [0.4, 0.5) is 4.39 Å². The van der Waals surface area contributed by atoms with Gasteiger partial charge in [-0.25, -0.2) is 9.18 Å². The Morgan fingerprint density at radius 2 is 1.86 bits per heavy atom. The Morgan fingerprint density at radius 3 is 2.61 bits per heavy atom. The zero-order valence-corrected chi connectivity index (χ0v) is 15.7. The molecular weight excluding hydrogens is 359 g/mol. The summed E-state index contributed by atoms with van der Waals surface area (Å²) >= 11 is 0. The minimum Gasteiger partial charge on any atom is -0.449 e. The molecule has 0 radical (unpaired) electrons. The molecule has 3 aromatic rings. The molecule has 1 heterocycles. The Kier molecular flexibility index (Phi) is 5.99. The van der Waals surface area contributed by atoms with Gasteiger partial charge in [-0.3, -0.25) is 9.78 Å². The number of halogens is 1. The minimum absolute atomic E-state index is 0.299. The van der Waals surface area contributed by atoms with Crippen LogP contribution >= 0.6 is 0 Å². The maximum Gasteiger partial charge on any atom is 0.339 e. The number of rotatable bonds is 6. The molecule has 0 unspecified atom stereocenters. The molecule has 0 fully saturated rings. The quantitative estimate of drug-likeness (QED) is 0.664. The van der Waals surface area contributed by atoms with Crippen molar-refractivity contribution in [3.8, 4) is 0 Å². The number of hydrogen-bond acceptors (Lipinski definition) is 4. The summed E-state index contributed by atoms with van der Waals surface area (Å²) < 4.78 is 18.3. The summed E-state index contributed by atoms with van der Waals surface area (Å²) in [7, 11) is 0. The van der Waals surface area contributed by atoms with Crippen molar-refractivity contribution in [3.05, 3.63) is 77.2 Å². The summed E-state index contributed by atoms with van der Waals surface area (Å²) in [6, 6.07) is 15.0. The number of fused-ring (bicyclic) bond motifs is 1. The van der Waals surface area contributed by atoms with Crippen molar-refractivity contribution in [3.63, 3.8) is 0 Å². The summed E-state index contributed by atoms with van der Waals surface area (Å²) in [5, 5.41) is 3.41. The fraction of sp³-hybridized carbons (Fsp3) is 0.227. The molecule has 1 aromatic heterocycles. The van der Waals surface area contributed by atoms with Crippen molar-refractivity contribution < 1.29 is 18.7 Å². The van der Waals surface area contributed by atoms with E-state index >= 15 is 0 Å². The average molecular weight is 380 g/mol. The number of benzene rings is 2. The monoisotopic (exact) mass is 380 g/mol. The van der Waals surface area contributed by atoms with Crippen LogP contribution in [-0.4, -0.2) is 29.5 Å². The zero-order chi connectivity index (χ0) is 20.1. The Morgan fingerprint density at radius 1 is 1.14 bits per heavy atom. The third kappa shape index (κ3) is 4.71. The van der Waals surface area contributed by atoms with Crippen LogP contribution in [0.5, 0.6) is 0 Å². The van der Waals surface area contributed by atoms with Crippen molar-refractivity contribution in [2.24, 2.45) is 0 Å². The Hall–Kier alpha value is -3.28. The number of hydrogen-bond donors (Lipinski definition) is 1. The fourth-order valence-electron chi connectivity index (χ4n) is 2.88. The molecular formula is C22H21FN2O3. The number of ether oxygens (including phenoxy) is 1. The van der Waals surface area contributed by atoms with E-state index in [2.05, 4.69) is 10.3 Å². The van der Waals surface area contributed by atoms with Crippen LogP contribution < -0.4 is 5.32 Å². The highest BCUT2D eigenvalue weighted by atomic mass is 19.1. The summed E-state index contributed by atoms with van der Waals surface area (Å²) in [6.45, 7) is 3.69.